The molecule has 7 heteroatoms. The maximum absolute atomic E-state index is 13.0. The minimum Gasteiger partial charge on any atom is -0.334 e. The van der Waals surface area contributed by atoms with Gasteiger partial charge in [0.15, 0.2) is 5.03 Å². The van der Waals surface area contributed by atoms with Crippen molar-refractivity contribution in [3.63, 3.8) is 0 Å². The Labute approximate surface area is 135 Å². The van der Waals surface area contributed by atoms with E-state index < -0.39 is 10.0 Å². The van der Waals surface area contributed by atoms with E-state index in [1.54, 1.807) is 24.3 Å². The Bertz CT molecular complexity index is 784. The van der Waals surface area contributed by atoms with Gasteiger partial charge in [-0.2, -0.15) is 8.42 Å². The monoisotopic (exact) mass is 337 g/mol. The van der Waals surface area contributed by atoms with Gasteiger partial charge in [0.25, 0.3) is 10.0 Å². The normalized spacial score (nSPS) is 18.5. The number of hydrogen-bond donors (Lipinski definition) is 0. The minimum atomic E-state index is -3.65. The molecule has 0 bridgehead atoms. The Kier molecular flexibility index (Phi) is 3.94. The van der Waals surface area contributed by atoms with Gasteiger partial charge in [0.05, 0.1) is 18.1 Å². The molecule has 0 N–H and O–H groups in total. The third kappa shape index (κ3) is 2.52. The molecule has 0 fully saturated rings. The van der Waals surface area contributed by atoms with Crippen molar-refractivity contribution in [3.05, 3.63) is 36.8 Å². The fourth-order valence-electron chi connectivity index (χ4n) is 2.48. The van der Waals surface area contributed by atoms with E-state index in [0.717, 1.165) is 16.3 Å². The molecule has 0 amide bonds. The molecule has 1 aliphatic heterocycles. The van der Waals surface area contributed by atoms with Crippen LogP contribution in [-0.2, 0) is 10.0 Å². The Balaban J connectivity index is 2.08. The predicted molar refractivity (Wildman–Crippen MR) is 88.9 cm³/mol. The Morgan fingerprint density at radius 2 is 2.05 bits per heavy atom. The molecule has 0 saturated carbocycles. The lowest BCUT2D eigenvalue weighted by atomic mass is 10.3. The van der Waals surface area contributed by atoms with E-state index in [2.05, 4.69) is 4.98 Å². The highest BCUT2D eigenvalue weighted by molar-refractivity contribution is 8.00. The summed E-state index contributed by atoms with van der Waals surface area (Å²) in [5.74, 6) is 0.737. The van der Waals surface area contributed by atoms with Crippen LogP contribution in [0.4, 0.5) is 5.69 Å². The van der Waals surface area contributed by atoms with Crippen LogP contribution in [0.5, 0.6) is 0 Å². The highest BCUT2D eigenvalue weighted by Gasteiger charge is 2.35. The minimum absolute atomic E-state index is 0.103. The summed E-state index contributed by atoms with van der Waals surface area (Å²) in [6.45, 7) is 5.92. The summed E-state index contributed by atoms with van der Waals surface area (Å²) in [6.07, 6.45) is 3.18. The number of rotatable bonds is 3. The first-order chi connectivity index (χ1) is 10.4. The van der Waals surface area contributed by atoms with E-state index in [-0.39, 0.29) is 17.1 Å². The largest absolute Gasteiger partial charge is 0.334 e. The van der Waals surface area contributed by atoms with Crippen molar-refractivity contribution < 1.29 is 8.42 Å². The maximum atomic E-state index is 13.0. The van der Waals surface area contributed by atoms with Crippen molar-refractivity contribution in [1.29, 1.82) is 0 Å². The molecule has 0 radical (unpaired) electrons. The van der Waals surface area contributed by atoms with E-state index in [1.165, 1.54) is 4.31 Å². The van der Waals surface area contributed by atoms with Crippen LogP contribution < -0.4 is 4.31 Å². The lowest BCUT2D eigenvalue weighted by molar-refractivity contribution is 0.578. The van der Waals surface area contributed by atoms with Crippen molar-refractivity contribution >= 4 is 27.5 Å². The van der Waals surface area contributed by atoms with Gasteiger partial charge in [-0.3, -0.25) is 4.31 Å². The van der Waals surface area contributed by atoms with Gasteiger partial charge in [-0.1, -0.05) is 12.1 Å². The molecule has 2 aromatic rings. The molecule has 5 nitrogen and oxygen atoms in total. The standard InChI is InChI=1S/C15H19N3O2S2/c1-11(2)17-8-15(16-10-17)22(19,20)18-12(3)9-21-14-7-5-4-6-13(14)18/h4-8,10-12H,9H2,1-3H3/t12-/m1/s1. The third-order valence-electron chi connectivity index (χ3n) is 3.68. The number of fused-ring (bicyclic) bond motifs is 1. The number of aromatic nitrogens is 2. The number of sulfonamides is 1. The summed E-state index contributed by atoms with van der Waals surface area (Å²) in [4.78, 5) is 5.11. The fraction of sp³-hybridized carbons (Fsp3) is 0.400. The van der Waals surface area contributed by atoms with Crippen molar-refractivity contribution in [3.8, 4) is 0 Å². The van der Waals surface area contributed by atoms with Gasteiger partial charge >= 0.3 is 0 Å². The van der Waals surface area contributed by atoms with Crippen LogP contribution in [-0.4, -0.2) is 29.8 Å². The maximum Gasteiger partial charge on any atom is 0.283 e. The highest BCUT2D eigenvalue weighted by atomic mass is 32.2. The molecule has 2 heterocycles. The first-order valence-electron chi connectivity index (χ1n) is 7.21. The molecule has 1 aromatic heterocycles. The average molecular weight is 337 g/mol. The highest BCUT2D eigenvalue weighted by Crippen LogP contribution is 2.40. The zero-order chi connectivity index (χ0) is 15.9. The van der Waals surface area contributed by atoms with Gasteiger partial charge in [0.1, 0.15) is 0 Å². The molecule has 0 aliphatic carbocycles. The molecule has 3 rings (SSSR count). The first kappa shape index (κ1) is 15.4. The van der Waals surface area contributed by atoms with Crippen molar-refractivity contribution in [2.75, 3.05) is 10.1 Å². The summed E-state index contributed by atoms with van der Waals surface area (Å²) < 4.78 is 29.4. The van der Waals surface area contributed by atoms with Gasteiger partial charge in [-0.25, -0.2) is 4.98 Å². The molecular weight excluding hydrogens is 318 g/mol. The van der Waals surface area contributed by atoms with E-state index in [4.69, 9.17) is 0 Å². The smallest absolute Gasteiger partial charge is 0.283 e. The van der Waals surface area contributed by atoms with Gasteiger partial charge < -0.3 is 4.57 Å². The van der Waals surface area contributed by atoms with Gasteiger partial charge in [-0.15, -0.1) is 11.8 Å². The SMILES string of the molecule is CC(C)n1cnc(S(=O)(=O)N2c3ccccc3SC[C@H]2C)c1. The molecule has 0 spiro atoms. The number of thioether (sulfide) groups is 1. The molecule has 0 unspecified atom stereocenters. The topological polar surface area (TPSA) is 55.2 Å². The molecule has 118 valence electrons. The summed E-state index contributed by atoms with van der Waals surface area (Å²) in [5, 5.41) is 0.106. The zero-order valence-corrected chi connectivity index (χ0v) is 14.4. The molecular formula is C15H19N3O2S2. The second kappa shape index (κ2) is 5.62. The van der Waals surface area contributed by atoms with Crippen LogP contribution in [0.15, 0.2) is 46.7 Å². The lowest BCUT2D eigenvalue weighted by Crippen LogP contribution is -2.42. The second-order valence-electron chi connectivity index (χ2n) is 5.68. The van der Waals surface area contributed by atoms with Gasteiger partial charge in [0, 0.05) is 22.9 Å². The first-order valence-corrected chi connectivity index (χ1v) is 9.63. The molecule has 22 heavy (non-hydrogen) atoms. The van der Waals surface area contributed by atoms with Crippen molar-refractivity contribution in [2.24, 2.45) is 0 Å². The number of hydrogen-bond acceptors (Lipinski definition) is 4. The Morgan fingerprint density at radius 1 is 1.32 bits per heavy atom. The van der Waals surface area contributed by atoms with Crippen LogP contribution in [0.3, 0.4) is 0 Å². The van der Waals surface area contributed by atoms with E-state index in [9.17, 15) is 8.42 Å². The van der Waals surface area contributed by atoms with Crippen LogP contribution in [0, 0.1) is 0 Å². The number of benzene rings is 1. The summed E-state index contributed by atoms with van der Waals surface area (Å²) in [6, 6.07) is 7.69. The average Bonchev–Trinajstić information content (AvgIpc) is 2.97. The summed E-state index contributed by atoms with van der Waals surface area (Å²) in [5.41, 5.74) is 0.741. The molecule has 1 aliphatic rings. The molecule has 1 atom stereocenters. The zero-order valence-electron chi connectivity index (χ0n) is 12.8. The quantitative estimate of drug-likeness (QED) is 0.863. The van der Waals surface area contributed by atoms with E-state index in [1.807, 2.05) is 49.6 Å². The van der Waals surface area contributed by atoms with E-state index in [0.29, 0.717) is 0 Å². The third-order valence-corrected chi connectivity index (χ3v) is 6.80. The van der Waals surface area contributed by atoms with Gasteiger partial charge in [0.2, 0.25) is 0 Å². The Hall–Kier alpha value is -1.47. The predicted octanol–water partition coefficient (Wildman–Crippen LogP) is 3.15. The number of nitrogens with zero attached hydrogens (tertiary/aromatic N) is 3. The number of anilines is 1. The summed E-state index contributed by atoms with van der Waals surface area (Å²) >= 11 is 1.69. The van der Waals surface area contributed by atoms with Crippen LogP contribution in [0.1, 0.15) is 26.8 Å². The van der Waals surface area contributed by atoms with Crippen molar-refractivity contribution in [1.82, 2.24) is 9.55 Å². The summed E-state index contributed by atoms with van der Waals surface area (Å²) in [7, 11) is -3.65. The van der Waals surface area contributed by atoms with Crippen LogP contribution in [0.2, 0.25) is 0 Å². The lowest BCUT2D eigenvalue weighted by Gasteiger charge is -2.34. The van der Waals surface area contributed by atoms with Crippen molar-refractivity contribution in [2.45, 2.75) is 42.8 Å². The van der Waals surface area contributed by atoms with Crippen LogP contribution >= 0.6 is 11.8 Å². The molecule has 1 aromatic carbocycles. The number of para-hydroxylation sites is 1. The number of imidazole rings is 1. The van der Waals surface area contributed by atoms with E-state index >= 15 is 0 Å². The Morgan fingerprint density at radius 3 is 2.73 bits per heavy atom. The fourth-order valence-corrected chi connectivity index (χ4v) is 5.29. The van der Waals surface area contributed by atoms with Crippen LogP contribution in [0.25, 0.3) is 0 Å². The molecule has 0 saturated heterocycles. The second-order valence-corrected chi connectivity index (χ2v) is 8.51. The van der Waals surface area contributed by atoms with Gasteiger partial charge in [-0.05, 0) is 32.9 Å².